The normalized spacial score (nSPS) is 14.1. The van der Waals surface area contributed by atoms with Crippen molar-refractivity contribution >= 4 is 12.0 Å². The summed E-state index contributed by atoms with van der Waals surface area (Å²) in [5.74, 6) is -12.9. The lowest BCUT2D eigenvalue weighted by atomic mass is 9.99. The molecule has 4 aromatic carbocycles. The Labute approximate surface area is 267 Å². The van der Waals surface area contributed by atoms with Crippen molar-refractivity contribution in [3.05, 3.63) is 123 Å². The van der Waals surface area contributed by atoms with E-state index in [1.165, 1.54) is 6.07 Å². The molecule has 0 bridgehead atoms. The van der Waals surface area contributed by atoms with Crippen LogP contribution in [0.5, 0.6) is 11.5 Å². The molecule has 0 aliphatic heterocycles. The van der Waals surface area contributed by atoms with Crippen LogP contribution in [0.4, 0.5) is 43.9 Å². The van der Waals surface area contributed by atoms with Gasteiger partial charge in [-0.3, -0.25) is 0 Å². The summed E-state index contributed by atoms with van der Waals surface area (Å²) in [7, 11) is 0. The van der Waals surface area contributed by atoms with Crippen molar-refractivity contribution in [2.45, 2.75) is 45.1 Å². The summed E-state index contributed by atoms with van der Waals surface area (Å²) in [6, 6.07) is 6.64. The van der Waals surface area contributed by atoms with Crippen LogP contribution in [0.3, 0.4) is 0 Å². The SMILES string of the molecule is CCCCC1Cc2ccc(C(=O)Oc3cc(F)c(-c4cc(F)c(C(F)(F)Oc5cc(F)c(C=C(F)F)c(F)c5)c(F)c4)c(F)c3)cc2C1. The fourth-order valence-corrected chi connectivity index (χ4v) is 5.65. The Kier molecular flexibility index (Phi) is 9.88. The third-order valence-corrected chi connectivity index (χ3v) is 7.83. The summed E-state index contributed by atoms with van der Waals surface area (Å²) in [6.07, 6.45) is -2.80. The van der Waals surface area contributed by atoms with E-state index in [9.17, 15) is 39.9 Å². The summed E-state index contributed by atoms with van der Waals surface area (Å²) in [4.78, 5) is 12.8. The smallest absolute Gasteiger partial charge is 0.429 e. The number of unbranched alkanes of at least 4 members (excludes halogenated alkanes) is 1. The van der Waals surface area contributed by atoms with Crippen molar-refractivity contribution in [3.63, 3.8) is 0 Å². The molecule has 0 saturated heterocycles. The minimum absolute atomic E-state index is 0.0866. The average molecular weight is 683 g/mol. The van der Waals surface area contributed by atoms with Gasteiger partial charge in [0, 0.05) is 30.3 Å². The summed E-state index contributed by atoms with van der Waals surface area (Å²) >= 11 is 0. The summed E-state index contributed by atoms with van der Waals surface area (Å²) in [5, 5.41) is 0. The molecule has 0 heterocycles. The van der Waals surface area contributed by atoms with Gasteiger partial charge in [-0.25, -0.2) is 31.1 Å². The van der Waals surface area contributed by atoms with Gasteiger partial charge in [0.25, 0.3) is 6.08 Å². The highest BCUT2D eigenvalue weighted by atomic mass is 19.3. The lowest BCUT2D eigenvalue weighted by Crippen LogP contribution is -2.25. The number of halogens is 10. The van der Waals surface area contributed by atoms with Crippen molar-refractivity contribution in [2.75, 3.05) is 0 Å². The van der Waals surface area contributed by atoms with E-state index in [1.54, 1.807) is 12.1 Å². The van der Waals surface area contributed by atoms with Crippen LogP contribution in [0.2, 0.25) is 0 Å². The lowest BCUT2D eigenvalue weighted by Gasteiger charge is -2.20. The van der Waals surface area contributed by atoms with E-state index in [0.717, 1.165) is 43.2 Å². The van der Waals surface area contributed by atoms with E-state index in [1.807, 2.05) is 0 Å². The number of fused-ring (bicyclic) bond motifs is 1. The molecule has 4 aromatic rings. The molecule has 0 aromatic heterocycles. The number of hydrogen-bond acceptors (Lipinski definition) is 3. The second-order valence-electron chi connectivity index (χ2n) is 11.2. The minimum Gasteiger partial charge on any atom is -0.429 e. The zero-order valence-electron chi connectivity index (χ0n) is 24.9. The number of benzene rings is 4. The first-order valence-corrected chi connectivity index (χ1v) is 14.6. The van der Waals surface area contributed by atoms with Crippen molar-refractivity contribution < 1.29 is 58.2 Å². The quantitative estimate of drug-likeness (QED) is 0.0949. The van der Waals surface area contributed by atoms with Crippen LogP contribution in [0.25, 0.3) is 17.2 Å². The molecule has 0 N–H and O–H groups in total. The Morgan fingerprint density at radius 1 is 0.792 bits per heavy atom. The van der Waals surface area contributed by atoms with Gasteiger partial charge in [0.2, 0.25) is 0 Å². The van der Waals surface area contributed by atoms with E-state index < -0.39 is 86.8 Å². The molecule has 1 aliphatic carbocycles. The van der Waals surface area contributed by atoms with Gasteiger partial charge < -0.3 is 9.47 Å². The number of carbonyl (C=O) groups excluding carboxylic acids is 1. The zero-order chi connectivity index (χ0) is 34.9. The summed E-state index contributed by atoms with van der Waals surface area (Å²) in [5.41, 5.74) is -3.06. The van der Waals surface area contributed by atoms with Crippen LogP contribution in [-0.4, -0.2) is 5.97 Å². The van der Waals surface area contributed by atoms with Gasteiger partial charge in [0.05, 0.1) is 16.7 Å². The Hall–Kier alpha value is -4.81. The predicted octanol–water partition coefficient (Wildman–Crippen LogP) is 10.7. The fourth-order valence-electron chi connectivity index (χ4n) is 5.65. The number of hydrogen-bond donors (Lipinski definition) is 0. The number of alkyl halides is 2. The minimum atomic E-state index is -4.95. The van der Waals surface area contributed by atoms with Crippen LogP contribution < -0.4 is 9.47 Å². The molecular formula is C35H24F10O3. The largest absolute Gasteiger partial charge is 0.432 e. The number of rotatable bonds is 10. The number of carbonyl (C=O) groups is 1. The van der Waals surface area contributed by atoms with Gasteiger partial charge in [0.15, 0.2) is 0 Å². The van der Waals surface area contributed by atoms with E-state index in [4.69, 9.17) is 4.74 Å². The molecule has 13 heteroatoms. The maximum absolute atomic E-state index is 15.1. The molecule has 5 rings (SSSR count). The van der Waals surface area contributed by atoms with Gasteiger partial charge in [0.1, 0.15) is 52.0 Å². The summed E-state index contributed by atoms with van der Waals surface area (Å²) < 4.78 is 152. The van der Waals surface area contributed by atoms with E-state index in [-0.39, 0.29) is 35.9 Å². The molecule has 0 saturated carbocycles. The Balaban J connectivity index is 1.35. The Bertz CT molecular complexity index is 1850. The number of esters is 1. The highest BCUT2D eigenvalue weighted by Gasteiger charge is 2.42. The average Bonchev–Trinajstić information content (AvgIpc) is 3.39. The van der Waals surface area contributed by atoms with Gasteiger partial charge in [-0.05, 0) is 66.1 Å². The highest BCUT2D eigenvalue weighted by molar-refractivity contribution is 5.91. The van der Waals surface area contributed by atoms with Gasteiger partial charge in [-0.1, -0.05) is 25.8 Å². The molecule has 0 spiro atoms. The molecule has 252 valence electrons. The molecule has 0 radical (unpaired) electrons. The second-order valence-corrected chi connectivity index (χ2v) is 11.2. The maximum Gasteiger partial charge on any atom is 0.432 e. The molecule has 1 unspecified atom stereocenters. The van der Waals surface area contributed by atoms with E-state index in [0.29, 0.717) is 18.1 Å². The third kappa shape index (κ3) is 7.34. The van der Waals surface area contributed by atoms with Crippen LogP contribution in [-0.2, 0) is 19.0 Å². The fraction of sp³-hybridized carbons (Fsp3) is 0.229. The van der Waals surface area contributed by atoms with Crippen LogP contribution in [0.1, 0.15) is 58.8 Å². The lowest BCUT2D eigenvalue weighted by molar-refractivity contribution is -0.189. The van der Waals surface area contributed by atoms with Crippen molar-refractivity contribution in [1.82, 2.24) is 0 Å². The second kappa shape index (κ2) is 13.7. The van der Waals surface area contributed by atoms with Crippen molar-refractivity contribution in [3.8, 4) is 22.6 Å². The number of ether oxygens (including phenoxy) is 2. The van der Waals surface area contributed by atoms with E-state index in [2.05, 4.69) is 11.7 Å². The molecule has 1 atom stereocenters. The first-order valence-electron chi connectivity index (χ1n) is 14.6. The van der Waals surface area contributed by atoms with Gasteiger partial charge in [-0.2, -0.15) is 17.6 Å². The first-order chi connectivity index (χ1) is 22.7. The molecule has 48 heavy (non-hydrogen) atoms. The maximum atomic E-state index is 15.1. The molecule has 0 fully saturated rings. The molecule has 1 aliphatic rings. The van der Waals surface area contributed by atoms with E-state index >= 15 is 8.78 Å². The Morgan fingerprint density at radius 2 is 1.38 bits per heavy atom. The zero-order valence-corrected chi connectivity index (χ0v) is 24.9. The molecule has 3 nitrogen and oxygen atoms in total. The van der Waals surface area contributed by atoms with Gasteiger partial charge in [-0.15, -0.1) is 0 Å². The summed E-state index contributed by atoms with van der Waals surface area (Å²) in [6.45, 7) is 2.10. The van der Waals surface area contributed by atoms with Crippen LogP contribution in [0, 0.1) is 40.8 Å². The topological polar surface area (TPSA) is 35.5 Å². The predicted molar refractivity (Wildman–Crippen MR) is 155 cm³/mol. The van der Waals surface area contributed by atoms with Crippen molar-refractivity contribution in [2.24, 2.45) is 5.92 Å². The first kappa shape index (κ1) is 34.5. The molecule has 0 amide bonds. The third-order valence-electron chi connectivity index (χ3n) is 7.83. The van der Waals surface area contributed by atoms with Crippen LogP contribution >= 0.6 is 0 Å². The molecular weight excluding hydrogens is 658 g/mol. The highest BCUT2D eigenvalue weighted by Crippen LogP contribution is 2.39. The Morgan fingerprint density at radius 3 is 1.96 bits per heavy atom. The van der Waals surface area contributed by atoms with Crippen LogP contribution in [0.15, 0.2) is 60.7 Å². The monoisotopic (exact) mass is 682 g/mol. The van der Waals surface area contributed by atoms with Crippen molar-refractivity contribution in [1.29, 1.82) is 0 Å². The van der Waals surface area contributed by atoms with Gasteiger partial charge >= 0.3 is 12.1 Å². The standard InChI is InChI=1S/C35H24F10O3/c1-2-3-4-17-7-18-5-6-19(9-20(18)8-17)34(46)47-22-12-27(38)32(28(39)13-22)21-10-29(40)33(30(41)11-21)35(44,45)48-23-14-25(36)24(16-31(42)43)26(37)15-23/h5-6,9-17H,2-4,7-8H2,1H3.